The van der Waals surface area contributed by atoms with Gasteiger partial charge in [0.2, 0.25) is 0 Å². The molecule has 0 aromatic carbocycles. The highest BCUT2D eigenvalue weighted by Gasteiger charge is 1.89. The zero-order valence-electron chi connectivity index (χ0n) is 5.23. The second-order valence-corrected chi connectivity index (χ2v) is 1.62. The SMILES string of the molecule is CC/C(N)=C(\C)C#N. The first-order chi connectivity index (χ1) is 3.72. The summed E-state index contributed by atoms with van der Waals surface area (Å²) in [6.07, 6.45) is 0.763. The molecule has 0 rings (SSSR count). The summed E-state index contributed by atoms with van der Waals surface area (Å²) in [5.41, 5.74) is 6.70. The van der Waals surface area contributed by atoms with E-state index in [1.807, 2.05) is 13.0 Å². The van der Waals surface area contributed by atoms with Crippen molar-refractivity contribution in [2.45, 2.75) is 20.3 Å². The molecule has 0 aromatic heterocycles. The largest absolute Gasteiger partial charge is 0.401 e. The van der Waals surface area contributed by atoms with Crippen LogP contribution in [0.5, 0.6) is 0 Å². The van der Waals surface area contributed by atoms with Crippen LogP contribution in [0.15, 0.2) is 11.3 Å². The van der Waals surface area contributed by atoms with E-state index in [9.17, 15) is 0 Å². The average Bonchev–Trinajstić information content (AvgIpc) is 1.84. The average molecular weight is 110 g/mol. The quantitative estimate of drug-likeness (QED) is 0.515. The van der Waals surface area contributed by atoms with Gasteiger partial charge in [0.15, 0.2) is 0 Å². The van der Waals surface area contributed by atoms with Crippen molar-refractivity contribution in [1.29, 1.82) is 5.26 Å². The molecule has 0 aliphatic heterocycles. The fourth-order valence-electron chi connectivity index (χ4n) is 0.337. The van der Waals surface area contributed by atoms with Crippen LogP contribution in [0.3, 0.4) is 0 Å². The monoisotopic (exact) mass is 110 g/mol. The molecule has 0 heterocycles. The van der Waals surface area contributed by atoms with E-state index in [4.69, 9.17) is 11.0 Å². The van der Waals surface area contributed by atoms with Gasteiger partial charge in [-0.2, -0.15) is 5.26 Å². The second-order valence-electron chi connectivity index (χ2n) is 1.62. The topological polar surface area (TPSA) is 49.8 Å². The molecule has 0 aliphatic rings. The predicted molar refractivity (Wildman–Crippen MR) is 32.8 cm³/mol. The van der Waals surface area contributed by atoms with E-state index in [2.05, 4.69) is 0 Å². The molecule has 0 atom stereocenters. The lowest BCUT2D eigenvalue weighted by molar-refractivity contribution is 1.04. The first kappa shape index (κ1) is 7.03. The lowest BCUT2D eigenvalue weighted by Crippen LogP contribution is -1.97. The van der Waals surface area contributed by atoms with Crippen LogP contribution in [-0.2, 0) is 0 Å². The maximum absolute atomic E-state index is 8.25. The number of rotatable bonds is 1. The number of hydrogen-bond acceptors (Lipinski definition) is 2. The minimum Gasteiger partial charge on any atom is -0.401 e. The van der Waals surface area contributed by atoms with E-state index in [0.717, 1.165) is 6.42 Å². The number of hydrogen-bond donors (Lipinski definition) is 1. The molecule has 0 aliphatic carbocycles. The van der Waals surface area contributed by atoms with Crippen LogP contribution in [0.25, 0.3) is 0 Å². The molecule has 0 amide bonds. The molecule has 0 saturated heterocycles. The van der Waals surface area contributed by atoms with Crippen LogP contribution in [0.1, 0.15) is 20.3 Å². The number of nitrogens with zero attached hydrogens (tertiary/aromatic N) is 1. The van der Waals surface area contributed by atoms with Crippen molar-refractivity contribution >= 4 is 0 Å². The Morgan fingerprint density at radius 3 is 2.38 bits per heavy atom. The van der Waals surface area contributed by atoms with Gasteiger partial charge in [0.25, 0.3) is 0 Å². The summed E-state index contributed by atoms with van der Waals surface area (Å²) in [6.45, 7) is 3.65. The summed E-state index contributed by atoms with van der Waals surface area (Å²) in [5.74, 6) is 0. The van der Waals surface area contributed by atoms with Gasteiger partial charge in [-0.1, -0.05) is 6.92 Å². The molecule has 44 valence electrons. The molecule has 0 fully saturated rings. The Labute approximate surface area is 49.6 Å². The maximum Gasteiger partial charge on any atom is 0.0962 e. The molecule has 0 spiro atoms. The third-order valence-corrected chi connectivity index (χ3v) is 1.03. The number of allylic oxidation sites excluding steroid dienone is 2. The van der Waals surface area contributed by atoms with Crippen LogP contribution in [-0.4, -0.2) is 0 Å². The summed E-state index contributed by atoms with van der Waals surface area (Å²) in [5, 5.41) is 8.25. The molecule has 2 heteroatoms. The minimum absolute atomic E-state index is 0.632. The van der Waals surface area contributed by atoms with E-state index >= 15 is 0 Å². The first-order valence-electron chi connectivity index (χ1n) is 2.57. The van der Waals surface area contributed by atoms with Gasteiger partial charge in [-0.25, -0.2) is 0 Å². The second kappa shape index (κ2) is 3.09. The minimum atomic E-state index is 0.632. The Morgan fingerprint density at radius 2 is 2.25 bits per heavy atom. The van der Waals surface area contributed by atoms with Crippen molar-refractivity contribution in [1.82, 2.24) is 0 Å². The lowest BCUT2D eigenvalue weighted by Gasteiger charge is -1.92. The summed E-state index contributed by atoms with van der Waals surface area (Å²) in [7, 11) is 0. The molecule has 0 unspecified atom stereocenters. The fourth-order valence-corrected chi connectivity index (χ4v) is 0.337. The molecule has 0 aromatic rings. The van der Waals surface area contributed by atoms with E-state index in [-0.39, 0.29) is 0 Å². The summed E-state index contributed by atoms with van der Waals surface area (Å²) >= 11 is 0. The highest BCUT2D eigenvalue weighted by atomic mass is 14.6. The molecule has 0 bridgehead atoms. The van der Waals surface area contributed by atoms with Crippen molar-refractivity contribution in [3.8, 4) is 6.07 Å². The first-order valence-corrected chi connectivity index (χ1v) is 2.57. The van der Waals surface area contributed by atoms with E-state index in [1.165, 1.54) is 0 Å². The van der Waals surface area contributed by atoms with Gasteiger partial charge in [-0.15, -0.1) is 0 Å². The smallest absolute Gasteiger partial charge is 0.0962 e. The van der Waals surface area contributed by atoms with E-state index < -0.39 is 0 Å². The van der Waals surface area contributed by atoms with Gasteiger partial charge in [-0.3, -0.25) is 0 Å². The Morgan fingerprint density at radius 1 is 1.75 bits per heavy atom. The van der Waals surface area contributed by atoms with Crippen molar-refractivity contribution in [2.75, 3.05) is 0 Å². The molecular formula is C6H10N2. The van der Waals surface area contributed by atoms with Gasteiger partial charge in [0.05, 0.1) is 6.07 Å². The van der Waals surface area contributed by atoms with Crippen LogP contribution in [0.4, 0.5) is 0 Å². The third-order valence-electron chi connectivity index (χ3n) is 1.03. The molecular weight excluding hydrogens is 100 g/mol. The normalized spacial score (nSPS) is 12.1. The predicted octanol–water partition coefficient (Wildman–Crippen LogP) is 1.15. The fraction of sp³-hybridized carbons (Fsp3) is 0.500. The van der Waals surface area contributed by atoms with Crippen LogP contribution in [0.2, 0.25) is 0 Å². The van der Waals surface area contributed by atoms with Gasteiger partial charge in [0, 0.05) is 11.3 Å². The van der Waals surface area contributed by atoms with E-state index in [0.29, 0.717) is 11.3 Å². The molecule has 0 saturated carbocycles. The Balaban J connectivity index is 4.10. The highest BCUT2D eigenvalue weighted by Crippen LogP contribution is 1.97. The molecule has 2 N–H and O–H groups in total. The molecule has 2 nitrogen and oxygen atoms in total. The van der Waals surface area contributed by atoms with E-state index in [1.54, 1.807) is 6.92 Å². The van der Waals surface area contributed by atoms with Crippen LogP contribution < -0.4 is 5.73 Å². The van der Waals surface area contributed by atoms with Crippen molar-refractivity contribution < 1.29 is 0 Å². The molecule has 0 radical (unpaired) electrons. The number of nitrogens with two attached hydrogens (primary N) is 1. The van der Waals surface area contributed by atoms with Crippen LogP contribution in [0, 0.1) is 11.3 Å². The van der Waals surface area contributed by atoms with Crippen LogP contribution >= 0.6 is 0 Å². The van der Waals surface area contributed by atoms with Gasteiger partial charge >= 0.3 is 0 Å². The van der Waals surface area contributed by atoms with Gasteiger partial charge in [-0.05, 0) is 13.3 Å². The summed E-state index contributed by atoms with van der Waals surface area (Å²) in [6, 6.07) is 1.97. The Bertz CT molecular complexity index is 139. The van der Waals surface area contributed by atoms with Gasteiger partial charge in [0.1, 0.15) is 0 Å². The summed E-state index contributed by atoms with van der Waals surface area (Å²) < 4.78 is 0. The van der Waals surface area contributed by atoms with Crippen molar-refractivity contribution in [3.63, 3.8) is 0 Å². The van der Waals surface area contributed by atoms with Gasteiger partial charge < -0.3 is 5.73 Å². The Kier molecular flexibility index (Phi) is 2.71. The maximum atomic E-state index is 8.25. The Hall–Kier alpha value is -0.970. The highest BCUT2D eigenvalue weighted by molar-refractivity contribution is 5.22. The lowest BCUT2D eigenvalue weighted by atomic mass is 10.2. The zero-order valence-corrected chi connectivity index (χ0v) is 5.23. The zero-order chi connectivity index (χ0) is 6.57. The summed E-state index contributed by atoms with van der Waals surface area (Å²) in [4.78, 5) is 0. The van der Waals surface area contributed by atoms with Crippen molar-refractivity contribution in [2.24, 2.45) is 5.73 Å². The standard InChI is InChI=1S/C6H10N2/c1-3-6(8)5(2)4-7/h3,8H2,1-2H3/b6-5-. The third kappa shape index (κ3) is 1.65. The number of nitriles is 1. The van der Waals surface area contributed by atoms with Crippen molar-refractivity contribution in [3.05, 3.63) is 11.3 Å². The molecule has 8 heavy (non-hydrogen) atoms.